The Balaban J connectivity index is 2.34. The van der Waals surface area contributed by atoms with Gasteiger partial charge in [-0.3, -0.25) is 4.57 Å². The number of hydrogen-bond donors (Lipinski definition) is 0. The van der Waals surface area contributed by atoms with Crippen molar-refractivity contribution in [3.05, 3.63) is 40.6 Å². The summed E-state index contributed by atoms with van der Waals surface area (Å²) < 4.78 is 17.3. The summed E-state index contributed by atoms with van der Waals surface area (Å²) in [5.74, 6) is 0.396. The van der Waals surface area contributed by atoms with Gasteiger partial charge in [0.25, 0.3) is 0 Å². The van der Waals surface area contributed by atoms with Gasteiger partial charge in [0, 0.05) is 7.05 Å². The molecule has 0 atom stereocenters. The third-order valence-electron chi connectivity index (χ3n) is 3.39. The van der Waals surface area contributed by atoms with Crippen LogP contribution in [0.4, 0.5) is 4.39 Å². The number of aromatic nitrogens is 4. The standard InChI is InChI=1S/C14H13Cl2FN4/c1-3-11-13-14(20(2)19-11)21(12(7-15)18-13)8-4-5-9(16)10(17)6-8/h4-6H,3,7H2,1-2H3. The lowest BCUT2D eigenvalue weighted by atomic mass is 10.3. The Kier molecular flexibility index (Phi) is 3.63. The van der Waals surface area contributed by atoms with Gasteiger partial charge in [0.2, 0.25) is 0 Å². The molecule has 0 aliphatic carbocycles. The number of rotatable bonds is 3. The molecule has 0 bridgehead atoms. The summed E-state index contributed by atoms with van der Waals surface area (Å²) in [4.78, 5) is 4.54. The van der Waals surface area contributed by atoms with E-state index >= 15 is 0 Å². The maximum absolute atomic E-state index is 13.8. The lowest BCUT2D eigenvalue weighted by molar-refractivity contribution is 0.626. The first-order valence-electron chi connectivity index (χ1n) is 6.51. The van der Waals surface area contributed by atoms with E-state index in [1.165, 1.54) is 12.1 Å². The van der Waals surface area contributed by atoms with Crippen LogP contribution in [0.2, 0.25) is 5.02 Å². The molecule has 3 rings (SSSR count). The minimum Gasteiger partial charge on any atom is -0.280 e. The van der Waals surface area contributed by atoms with Gasteiger partial charge in [0.15, 0.2) is 5.65 Å². The summed E-state index contributed by atoms with van der Waals surface area (Å²) in [6.07, 6.45) is 0.769. The van der Waals surface area contributed by atoms with Crippen molar-refractivity contribution in [3.63, 3.8) is 0 Å². The maximum atomic E-state index is 13.8. The zero-order valence-electron chi connectivity index (χ0n) is 11.6. The average molecular weight is 327 g/mol. The highest BCUT2D eigenvalue weighted by atomic mass is 35.5. The fourth-order valence-corrected chi connectivity index (χ4v) is 2.74. The highest BCUT2D eigenvalue weighted by molar-refractivity contribution is 6.30. The molecule has 2 heterocycles. The fourth-order valence-electron chi connectivity index (χ4n) is 2.45. The molecule has 0 amide bonds. The quantitative estimate of drug-likeness (QED) is 0.685. The van der Waals surface area contributed by atoms with E-state index in [4.69, 9.17) is 23.2 Å². The van der Waals surface area contributed by atoms with Crippen molar-refractivity contribution in [2.75, 3.05) is 0 Å². The summed E-state index contributed by atoms with van der Waals surface area (Å²) in [7, 11) is 1.84. The van der Waals surface area contributed by atoms with Gasteiger partial charge in [-0.05, 0) is 24.6 Å². The number of halogens is 3. The average Bonchev–Trinajstić information content (AvgIpc) is 2.99. The van der Waals surface area contributed by atoms with Gasteiger partial charge in [0.1, 0.15) is 17.2 Å². The second-order valence-electron chi connectivity index (χ2n) is 4.69. The molecule has 7 heteroatoms. The summed E-state index contributed by atoms with van der Waals surface area (Å²) in [5.41, 5.74) is 3.11. The van der Waals surface area contributed by atoms with Crippen molar-refractivity contribution in [2.45, 2.75) is 19.2 Å². The van der Waals surface area contributed by atoms with Crippen LogP contribution in [0.3, 0.4) is 0 Å². The van der Waals surface area contributed by atoms with E-state index in [9.17, 15) is 4.39 Å². The molecule has 0 saturated heterocycles. The molecule has 1 aromatic carbocycles. The summed E-state index contributed by atoms with van der Waals surface area (Å²) in [6.45, 7) is 2.02. The SMILES string of the molecule is CCc1nn(C)c2c1nc(CCl)n2-c1ccc(Cl)c(F)c1. The van der Waals surface area contributed by atoms with Crippen molar-refractivity contribution < 1.29 is 4.39 Å². The van der Waals surface area contributed by atoms with Crippen molar-refractivity contribution in [3.8, 4) is 5.69 Å². The molecule has 0 aliphatic rings. The Bertz CT molecular complexity index is 822. The van der Waals surface area contributed by atoms with Gasteiger partial charge >= 0.3 is 0 Å². The molecule has 110 valence electrons. The first kappa shape index (κ1) is 14.4. The van der Waals surface area contributed by atoms with Crippen LogP contribution in [0.15, 0.2) is 18.2 Å². The van der Waals surface area contributed by atoms with Crippen LogP contribution < -0.4 is 0 Å². The zero-order valence-corrected chi connectivity index (χ0v) is 13.1. The normalized spacial score (nSPS) is 11.5. The molecule has 0 saturated carbocycles. The lowest BCUT2D eigenvalue weighted by Gasteiger charge is -2.08. The van der Waals surface area contributed by atoms with E-state index in [0.717, 1.165) is 23.3 Å². The summed E-state index contributed by atoms with van der Waals surface area (Å²) in [5, 5.41) is 4.53. The highest BCUT2D eigenvalue weighted by Crippen LogP contribution is 2.27. The van der Waals surface area contributed by atoms with Gasteiger partial charge < -0.3 is 0 Å². The molecule has 0 fully saturated rings. The van der Waals surface area contributed by atoms with Gasteiger partial charge in [-0.25, -0.2) is 14.1 Å². The Labute approximate surface area is 131 Å². The van der Waals surface area contributed by atoms with E-state index in [1.54, 1.807) is 10.7 Å². The van der Waals surface area contributed by atoms with E-state index < -0.39 is 5.82 Å². The first-order chi connectivity index (χ1) is 10.1. The zero-order chi connectivity index (χ0) is 15.1. The smallest absolute Gasteiger partial charge is 0.163 e. The molecule has 0 spiro atoms. The summed E-state index contributed by atoms with van der Waals surface area (Å²) >= 11 is 11.7. The first-order valence-corrected chi connectivity index (χ1v) is 7.42. The minimum absolute atomic E-state index is 0.0850. The fraction of sp³-hybridized carbons (Fsp3) is 0.286. The largest absolute Gasteiger partial charge is 0.280 e. The van der Waals surface area contributed by atoms with E-state index in [0.29, 0.717) is 11.5 Å². The summed E-state index contributed by atoms with van der Waals surface area (Å²) in [6, 6.07) is 4.63. The number of imidazole rings is 1. The van der Waals surface area contributed by atoms with E-state index in [1.807, 2.05) is 18.5 Å². The Hall–Kier alpha value is -1.59. The molecule has 2 aromatic heterocycles. The number of fused-ring (bicyclic) bond motifs is 1. The van der Waals surface area contributed by atoms with Crippen molar-refractivity contribution in [1.29, 1.82) is 0 Å². The van der Waals surface area contributed by atoms with Crippen LogP contribution in [-0.2, 0) is 19.3 Å². The van der Waals surface area contributed by atoms with Gasteiger partial charge in [-0.15, -0.1) is 11.6 Å². The van der Waals surface area contributed by atoms with Gasteiger partial charge in [0.05, 0.1) is 22.3 Å². The van der Waals surface area contributed by atoms with Crippen LogP contribution >= 0.6 is 23.2 Å². The van der Waals surface area contributed by atoms with E-state index in [-0.39, 0.29) is 10.9 Å². The Morgan fingerprint density at radius 3 is 2.71 bits per heavy atom. The van der Waals surface area contributed by atoms with Crippen LogP contribution in [0.5, 0.6) is 0 Å². The number of aryl methyl sites for hydroxylation is 2. The van der Waals surface area contributed by atoms with Crippen molar-refractivity contribution >= 4 is 34.4 Å². The second kappa shape index (κ2) is 5.31. The Morgan fingerprint density at radius 2 is 2.10 bits per heavy atom. The molecule has 0 N–H and O–H groups in total. The Morgan fingerprint density at radius 1 is 1.33 bits per heavy atom. The molecular weight excluding hydrogens is 314 g/mol. The van der Waals surface area contributed by atoms with Crippen LogP contribution in [0.1, 0.15) is 18.4 Å². The topological polar surface area (TPSA) is 35.6 Å². The van der Waals surface area contributed by atoms with Crippen LogP contribution in [-0.4, -0.2) is 19.3 Å². The monoisotopic (exact) mass is 326 g/mol. The third-order valence-corrected chi connectivity index (χ3v) is 3.93. The van der Waals surface area contributed by atoms with Crippen molar-refractivity contribution in [1.82, 2.24) is 19.3 Å². The molecule has 0 radical (unpaired) electrons. The maximum Gasteiger partial charge on any atom is 0.163 e. The molecule has 4 nitrogen and oxygen atoms in total. The minimum atomic E-state index is -0.477. The molecule has 3 aromatic rings. The van der Waals surface area contributed by atoms with Crippen LogP contribution in [0.25, 0.3) is 16.9 Å². The molecule has 0 unspecified atom stereocenters. The lowest BCUT2D eigenvalue weighted by Crippen LogP contribution is -2.04. The van der Waals surface area contributed by atoms with Gasteiger partial charge in [-0.2, -0.15) is 5.10 Å². The van der Waals surface area contributed by atoms with Crippen molar-refractivity contribution in [2.24, 2.45) is 7.05 Å². The number of nitrogens with zero attached hydrogens (tertiary/aromatic N) is 4. The predicted octanol–water partition coefficient (Wildman–Crippen LogP) is 3.85. The van der Waals surface area contributed by atoms with E-state index in [2.05, 4.69) is 10.1 Å². The molecular formula is C14H13Cl2FN4. The number of benzene rings is 1. The predicted molar refractivity (Wildman–Crippen MR) is 81.7 cm³/mol. The third kappa shape index (κ3) is 2.21. The molecule has 0 aliphatic heterocycles. The van der Waals surface area contributed by atoms with Crippen LogP contribution in [0, 0.1) is 5.82 Å². The highest BCUT2D eigenvalue weighted by Gasteiger charge is 2.19. The number of hydrogen-bond acceptors (Lipinski definition) is 2. The molecule has 21 heavy (non-hydrogen) atoms. The number of alkyl halides is 1. The van der Waals surface area contributed by atoms with Gasteiger partial charge in [-0.1, -0.05) is 18.5 Å². The second-order valence-corrected chi connectivity index (χ2v) is 5.37.